The fourth-order valence-electron chi connectivity index (χ4n) is 3.88. The summed E-state index contributed by atoms with van der Waals surface area (Å²) in [4.78, 5) is 14.2. The topological polar surface area (TPSA) is 62.8 Å². The van der Waals surface area contributed by atoms with Gasteiger partial charge in [-0.05, 0) is 27.1 Å². The molecule has 2 fully saturated rings. The van der Waals surface area contributed by atoms with Gasteiger partial charge in [0.1, 0.15) is 11.6 Å². The second kappa shape index (κ2) is 9.07. The van der Waals surface area contributed by atoms with Crippen molar-refractivity contribution in [3.05, 3.63) is 36.4 Å². The summed E-state index contributed by atoms with van der Waals surface area (Å²) >= 11 is 0. The Morgan fingerprint density at radius 3 is 2.48 bits per heavy atom. The smallest absolute Gasteiger partial charge is 0.171 e. The number of anilines is 2. The molecule has 0 atom stereocenters. The van der Waals surface area contributed by atoms with E-state index in [4.69, 9.17) is 19.4 Å². The molecule has 0 unspecified atom stereocenters. The summed E-state index contributed by atoms with van der Waals surface area (Å²) in [6, 6.07) is 12.2. The zero-order valence-electron chi connectivity index (χ0n) is 17.4. The highest BCUT2D eigenvalue weighted by molar-refractivity contribution is 5.61. The maximum atomic E-state index is 5.87. The van der Waals surface area contributed by atoms with Crippen molar-refractivity contribution in [1.29, 1.82) is 0 Å². The van der Waals surface area contributed by atoms with Gasteiger partial charge in [0.05, 0.1) is 13.2 Å². The third-order valence-electron chi connectivity index (χ3n) is 5.50. The quantitative estimate of drug-likeness (QED) is 0.721. The van der Waals surface area contributed by atoms with E-state index in [1.807, 2.05) is 18.2 Å². The molecule has 7 heteroatoms. The van der Waals surface area contributed by atoms with Crippen molar-refractivity contribution in [3.8, 4) is 11.4 Å². The van der Waals surface area contributed by atoms with Crippen LogP contribution in [-0.2, 0) is 9.47 Å². The molecule has 2 aliphatic rings. The van der Waals surface area contributed by atoms with Crippen LogP contribution < -0.4 is 10.2 Å². The number of piperidine rings is 1. The predicted molar refractivity (Wildman–Crippen MR) is 115 cm³/mol. The first kappa shape index (κ1) is 20.1. The van der Waals surface area contributed by atoms with Crippen molar-refractivity contribution in [2.75, 3.05) is 63.7 Å². The van der Waals surface area contributed by atoms with Crippen LogP contribution in [0.4, 0.5) is 11.6 Å². The third kappa shape index (κ3) is 5.04. The van der Waals surface area contributed by atoms with E-state index in [0.29, 0.717) is 13.2 Å². The molecular weight excluding hydrogens is 366 g/mol. The number of rotatable bonds is 7. The van der Waals surface area contributed by atoms with Crippen molar-refractivity contribution >= 4 is 11.6 Å². The Hall–Kier alpha value is -2.22. The standard InChI is InChI=1S/C22H31N5O2/c1-26(2)12-6-11-23-19-17-20(25-21(24-19)18-7-4-3-5-8-18)27-13-9-22(10-14-27)28-15-16-29-22/h3-5,7-8,17H,6,9-16H2,1-2H3,(H,23,24,25). The van der Waals surface area contributed by atoms with Gasteiger partial charge in [0.2, 0.25) is 0 Å². The lowest BCUT2D eigenvalue weighted by molar-refractivity contribution is -0.169. The molecule has 7 nitrogen and oxygen atoms in total. The molecule has 29 heavy (non-hydrogen) atoms. The molecule has 3 heterocycles. The van der Waals surface area contributed by atoms with Gasteiger partial charge in [0, 0.05) is 44.1 Å². The van der Waals surface area contributed by atoms with Crippen LogP contribution in [0.5, 0.6) is 0 Å². The van der Waals surface area contributed by atoms with Gasteiger partial charge in [0.25, 0.3) is 0 Å². The van der Waals surface area contributed by atoms with Crippen LogP contribution in [-0.4, -0.2) is 74.1 Å². The van der Waals surface area contributed by atoms with E-state index < -0.39 is 0 Å². The van der Waals surface area contributed by atoms with Crippen LogP contribution in [0.3, 0.4) is 0 Å². The molecule has 1 N–H and O–H groups in total. The average molecular weight is 398 g/mol. The fraction of sp³-hybridized carbons (Fsp3) is 0.545. The lowest BCUT2D eigenvalue weighted by atomic mass is 10.0. The molecule has 2 aliphatic heterocycles. The number of nitrogens with zero attached hydrogens (tertiary/aromatic N) is 4. The fourth-order valence-corrected chi connectivity index (χ4v) is 3.88. The zero-order chi connectivity index (χ0) is 20.1. The van der Waals surface area contributed by atoms with Crippen LogP contribution in [0, 0.1) is 0 Å². The molecule has 0 amide bonds. The molecule has 0 bridgehead atoms. The van der Waals surface area contributed by atoms with E-state index in [9.17, 15) is 0 Å². The number of hydrogen-bond acceptors (Lipinski definition) is 7. The van der Waals surface area contributed by atoms with Gasteiger partial charge in [-0.25, -0.2) is 9.97 Å². The van der Waals surface area contributed by atoms with Crippen molar-refractivity contribution in [1.82, 2.24) is 14.9 Å². The molecule has 156 valence electrons. The molecular formula is C22H31N5O2. The molecule has 4 rings (SSSR count). The van der Waals surface area contributed by atoms with E-state index in [1.165, 1.54) is 0 Å². The lowest BCUT2D eigenvalue weighted by Crippen LogP contribution is -2.45. The maximum Gasteiger partial charge on any atom is 0.171 e. The molecule has 0 aliphatic carbocycles. The summed E-state index contributed by atoms with van der Waals surface area (Å²) in [5.74, 6) is 2.22. The average Bonchev–Trinajstić information content (AvgIpc) is 3.20. The third-order valence-corrected chi connectivity index (χ3v) is 5.50. The van der Waals surface area contributed by atoms with E-state index in [1.54, 1.807) is 0 Å². The summed E-state index contributed by atoms with van der Waals surface area (Å²) < 4.78 is 11.7. The highest BCUT2D eigenvalue weighted by Gasteiger charge is 2.40. The second-order valence-electron chi connectivity index (χ2n) is 7.98. The minimum Gasteiger partial charge on any atom is -0.370 e. The maximum absolute atomic E-state index is 5.87. The van der Waals surface area contributed by atoms with Gasteiger partial charge in [-0.2, -0.15) is 0 Å². The second-order valence-corrected chi connectivity index (χ2v) is 7.98. The number of nitrogens with one attached hydrogen (secondary N) is 1. The predicted octanol–water partition coefficient (Wildman–Crippen LogP) is 2.85. The molecule has 1 aromatic heterocycles. The normalized spacial score (nSPS) is 18.5. The molecule has 1 spiro atoms. The molecule has 2 aromatic rings. The van der Waals surface area contributed by atoms with Crippen molar-refractivity contribution in [3.63, 3.8) is 0 Å². The minimum atomic E-state index is -0.376. The Morgan fingerprint density at radius 1 is 1.07 bits per heavy atom. The summed E-state index contributed by atoms with van der Waals surface area (Å²) in [6.45, 7) is 5.06. The Kier molecular flexibility index (Phi) is 6.28. The SMILES string of the molecule is CN(C)CCCNc1cc(N2CCC3(CC2)OCCO3)nc(-c2ccccc2)n1. The monoisotopic (exact) mass is 397 g/mol. The summed E-state index contributed by atoms with van der Waals surface area (Å²) in [5, 5.41) is 3.48. The van der Waals surface area contributed by atoms with Crippen molar-refractivity contribution in [2.45, 2.75) is 25.0 Å². The van der Waals surface area contributed by atoms with E-state index in [0.717, 1.165) is 68.5 Å². The number of ether oxygens (including phenoxy) is 2. The first-order valence-electron chi connectivity index (χ1n) is 10.5. The van der Waals surface area contributed by atoms with E-state index in [-0.39, 0.29) is 5.79 Å². The highest BCUT2D eigenvalue weighted by Crippen LogP contribution is 2.33. The number of aromatic nitrogens is 2. The van der Waals surface area contributed by atoms with E-state index >= 15 is 0 Å². The van der Waals surface area contributed by atoms with Gasteiger partial charge >= 0.3 is 0 Å². The zero-order valence-corrected chi connectivity index (χ0v) is 17.4. The number of hydrogen-bond donors (Lipinski definition) is 1. The van der Waals surface area contributed by atoms with E-state index in [2.05, 4.69) is 47.4 Å². The molecule has 0 saturated carbocycles. The largest absolute Gasteiger partial charge is 0.370 e. The van der Waals surface area contributed by atoms with Crippen LogP contribution in [0.1, 0.15) is 19.3 Å². The lowest BCUT2D eigenvalue weighted by Gasteiger charge is -2.38. The summed E-state index contributed by atoms with van der Waals surface area (Å²) in [6.07, 6.45) is 2.79. The van der Waals surface area contributed by atoms with Gasteiger partial charge in [-0.3, -0.25) is 0 Å². The molecule has 2 saturated heterocycles. The first-order chi connectivity index (χ1) is 14.1. The Bertz CT molecular complexity index is 783. The van der Waals surface area contributed by atoms with Crippen LogP contribution in [0.25, 0.3) is 11.4 Å². The van der Waals surface area contributed by atoms with Crippen LogP contribution in [0.15, 0.2) is 36.4 Å². The van der Waals surface area contributed by atoms with Crippen LogP contribution >= 0.6 is 0 Å². The Labute approximate surface area is 173 Å². The molecule has 0 radical (unpaired) electrons. The Morgan fingerprint density at radius 2 is 1.79 bits per heavy atom. The van der Waals surface area contributed by atoms with Gasteiger partial charge in [-0.1, -0.05) is 30.3 Å². The summed E-state index contributed by atoms with van der Waals surface area (Å²) in [7, 11) is 4.19. The first-order valence-corrected chi connectivity index (χ1v) is 10.5. The van der Waals surface area contributed by atoms with Gasteiger partial charge in [0.15, 0.2) is 11.6 Å². The van der Waals surface area contributed by atoms with Crippen LogP contribution in [0.2, 0.25) is 0 Å². The van der Waals surface area contributed by atoms with Gasteiger partial charge < -0.3 is 24.6 Å². The minimum absolute atomic E-state index is 0.376. The molecule has 1 aromatic carbocycles. The van der Waals surface area contributed by atoms with Crippen molar-refractivity contribution in [2.24, 2.45) is 0 Å². The Balaban J connectivity index is 1.51. The number of benzene rings is 1. The highest BCUT2D eigenvalue weighted by atomic mass is 16.7. The van der Waals surface area contributed by atoms with Gasteiger partial charge in [-0.15, -0.1) is 0 Å². The summed E-state index contributed by atoms with van der Waals surface area (Å²) in [5.41, 5.74) is 1.03. The van der Waals surface area contributed by atoms with Crippen molar-refractivity contribution < 1.29 is 9.47 Å².